The van der Waals surface area contributed by atoms with E-state index in [2.05, 4.69) is 35.2 Å². The summed E-state index contributed by atoms with van der Waals surface area (Å²) in [7, 11) is 0. The Bertz CT molecular complexity index is 364. The summed E-state index contributed by atoms with van der Waals surface area (Å²) in [6, 6.07) is 10.7. The lowest BCUT2D eigenvalue weighted by Crippen LogP contribution is -2.51. The number of rotatable bonds is 3. The number of likely N-dealkylation sites (tertiary alicyclic amines) is 1. The zero-order valence-electron chi connectivity index (χ0n) is 10.3. The Hall–Kier alpha value is -0.860. The molecule has 0 unspecified atom stereocenters. The van der Waals surface area contributed by atoms with Gasteiger partial charge in [0.25, 0.3) is 0 Å². The van der Waals surface area contributed by atoms with E-state index in [1.54, 1.807) is 0 Å². The summed E-state index contributed by atoms with van der Waals surface area (Å²) in [5.41, 5.74) is 1.07. The summed E-state index contributed by atoms with van der Waals surface area (Å²) < 4.78 is 0. The molecule has 1 aliphatic heterocycles. The van der Waals surface area contributed by atoms with E-state index in [9.17, 15) is 5.11 Å². The molecule has 0 spiro atoms. The highest BCUT2D eigenvalue weighted by Gasteiger charge is 2.37. The van der Waals surface area contributed by atoms with Gasteiger partial charge in [0.1, 0.15) is 0 Å². The molecule has 1 aliphatic carbocycles. The fraction of sp³-hybridized carbons (Fsp3) is 0.600. The van der Waals surface area contributed by atoms with Crippen molar-refractivity contribution in [2.45, 2.75) is 37.2 Å². The van der Waals surface area contributed by atoms with Crippen molar-refractivity contribution in [3.8, 4) is 0 Å². The molecular weight excluding hydrogens is 210 g/mol. The maximum absolute atomic E-state index is 10.3. The molecule has 3 rings (SSSR count). The highest BCUT2D eigenvalue weighted by atomic mass is 16.3. The summed E-state index contributed by atoms with van der Waals surface area (Å²) in [6.45, 7) is 3.12. The van der Waals surface area contributed by atoms with Crippen LogP contribution < -0.4 is 0 Å². The number of nitrogens with zero attached hydrogens (tertiary/aromatic N) is 1. The van der Waals surface area contributed by atoms with Crippen LogP contribution in [0.5, 0.6) is 0 Å². The quantitative estimate of drug-likeness (QED) is 0.863. The van der Waals surface area contributed by atoms with Crippen LogP contribution in [0.3, 0.4) is 0 Å². The summed E-state index contributed by atoms with van der Waals surface area (Å²) in [6.07, 6.45) is 4.40. The summed E-state index contributed by atoms with van der Waals surface area (Å²) in [5, 5.41) is 10.3. The molecule has 0 atom stereocenters. The van der Waals surface area contributed by atoms with Crippen molar-refractivity contribution >= 4 is 0 Å². The van der Waals surface area contributed by atoms with Gasteiger partial charge in [-0.1, -0.05) is 43.2 Å². The van der Waals surface area contributed by atoms with E-state index in [-0.39, 0.29) is 5.60 Å². The average Bonchev–Trinajstić information content (AvgIpc) is 2.72. The third kappa shape index (κ3) is 2.38. The smallest absolute Gasteiger partial charge is 0.0774 e. The van der Waals surface area contributed by atoms with Crippen molar-refractivity contribution in [2.24, 2.45) is 0 Å². The Labute approximate surface area is 103 Å². The van der Waals surface area contributed by atoms with Crippen LogP contribution in [0.25, 0.3) is 0 Å². The normalized spacial score (nSPS) is 24.8. The Morgan fingerprint density at radius 1 is 1.12 bits per heavy atom. The second-order valence-corrected chi connectivity index (χ2v) is 5.73. The van der Waals surface area contributed by atoms with Gasteiger partial charge in [-0.25, -0.2) is 0 Å². The van der Waals surface area contributed by atoms with Crippen LogP contribution in [0.2, 0.25) is 0 Å². The highest BCUT2D eigenvalue weighted by molar-refractivity contribution is 5.22. The van der Waals surface area contributed by atoms with Gasteiger partial charge in [0.05, 0.1) is 5.60 Å². The Balaban J connectivity index is 1.52. The number of aliphatic hydroxyl groups is 1. The Kier molecular flexibility index (Phi) is 2.93. The van der Waals surface area contributed by atoms with Gasteiger partial charge in [-0.15, -0.1) is 0 Å². The van der Waals surface area contributed by atoms with Crippen molar-refractivity contribution in [1.82, 2.24) is 4.90 Å². The van der Waals surface area contributed by atoms with Crippen LogP contribution in [-0.2, 0) is 0 Å². The first-order valence-corrected chi connectivity index (χ1v) is 6.75. The molecule has 2 nitrogen and oxygen atoms in total. The molecule has 1 saturated heterocycles. The molecule has 0 bridgehead atoms. The van der Waals surface area contributed by atoms with Gasteiger partial charge < -0.3 is 5.11 Å². The van der Waals surface area contributed by atoms with E-state index in [1.807, 2.05) is 0 Å². The lowest BCUT2D eigenvalue weighted by atomic mass is 9.89. The van der Waals surface area contributed by atoms with Crippen LogP contribution in [0.1, 0.15) is 37.2 Å². The van der Waals surface area contributed by atoms with Crippen molar-refractivity contribution in [3.63, 3.8) is 0 Å². The first-order valence-electron chi connectivity index (χ1n) is 6.75. The fourth-order valence-electron chi connectivity index (χ4n) is 3.24. The van der Waals surface area contributed by atoms with Gasteiger partial charge >= 0.3 is 0 Å². The summed E-state index contributed by atoms with van der Waals surface area (Å²) in [5.74, 6) is 0.682. The predicted molar refractivity (Wildman–Crippen MR) is 69.0 cm³/mol. The second-order valence-electron chi connectivity index (χ2n) is 5.73. The predicted octanol–water partition coefficient (Wildman–Crippen LogP) is 2.39. The highest BCUT2D eigenvalue weighted by Crippen LogP contribution is 2.34. The Morgan fingerprint density at radius 2 is 1.76 bits per heavy atom. The van der Waals surface area contributed by atoms with E-state index in [0.717, 1.165) is 32.5 Å². The maximum atomic E-state index is 10.3. The molecule has 2 heteroatoms. The van der Waals surface area contributed by atoms with E-state index in [4.69, 9.17) is 0 Å². The zero-order chi connectivity index (χ0) is 11.7. The van der Waals surface area contributed by atoms with E-state index < -0.39 is 0 Å². The van der Waals surface area contributed by atoms with Crippen LogP contribution in [0, 0.1) is 0 Å². The monoisotopic (exact) mass is 231 g/mol. The average molecular weight is 231 g/mol. The molecule has 0 aromatic heterocycles. The molecule has 0 amide bonds. The molecule has 1 heterocycles. The molecule has 1 saturated carbocycles. The molecule has 2 aliphatic rings. The van der Waals surface area contributed by atoms with Crippen LogP contribution >= 0.6 is 0 Å². The van der Waals surface area contributed by atoms with Crippen molar-refractivity contribution < 1.29 is 5.11 Å². The van der Waals surface area contributed by atoms with Gasteiger partial charge in [0.2, 0.25) is 0 Å². The third-order valence-corrected chi connectivity index (χ3v) is 4.28. The SMILES string of the molecule is OC1(CN2CC(c3ccccc3)C2)CCCC1. The van der Waals surface area contributed by atoms with Crippen molar-refractivity contribution in [1.29, 1.82) is 0 Å². The minimum absolute atomic E-state index is 0.373. The molecule has 1 aromatic carbocycles. The minimum Gasteiger partial charge on any atom is -0.389 e. The fourth-order valence-corrected chi connectivity index (χ4v) is 3.24. The number of β-amino-alcohol motifs (C(OH)–C–C–N with tert-alkyl or cyclic N) is 1. The Morgan fingerprint density at radius 3 is 2.41 bits per heavy atom. The number of hydrogen-bond acceptors (Lipinski definition) is 2. The molecule has 17 heavy (non-hydrogen) atoms. The number of benzene rings is 1. The topological polar surface area (TPSA) is 23.5 Å². The molecule has 1 N–H and O–H groups in total. The largest absolute Gasteiger partial charge is 0.389 e. The molecule has 92 valence electrons. The van der Waals surface area contributed by atoms with Crippen molar-refractivity contribution in [2.75, 3.05) is 19.6 Å². The lowest BCUT2D eigenvalue weighted by molar-refractivity contribution is -0.0145. The van der Waals surface area contributed by atoms with Gasteiger partial charge in [-0.3, -0.25) is 4.90 Å². The van der Waals surface area contributed by atoms with Crippen LogP contribution in [0.4, 0.5) is 0 Å². The van der Waals surface area contributed by atoms with Crippen LogP contribution in [0.15, 0.2) is 30.3 Å². The molecule has 0 radical (unpaired) electrons. The maximum Gasteiger partial charge on any atom is 0.0774 e. The standard InChI is InChI=1S/C15H21NO/c17-15(8-4-5-9-15)12-16-10-14(11-16)13-6-2-1-3-7-13/h1-3,6-7,14,17H,4-5,8-12H2. The third-order valence-electron chi connectivity index (χ3n) is 4.28. The van der Waals surface area contributed by atoms with Gasteiger partial charge in [0.15, 0.2) is 0 Å². The summed E-state index contributed by atoms with van der Waals surface area (Å²) in [4.78, 5) is 2.41. The van der Waals surface area contributed by atoms with Crippen LogP contribution in [-0.4, -0.2) is 35.2 Å². The molecule has 2 fully saturated rings. The molecule has 1 aromatic rings. The van der Waals surface area contributed by atoms with Gasteiger partial charge in [-0.05, 0) is 18.4 Å². The summed E-state index contributed by atoms with van der Waals surface area (Å²) >= 11 is 0. The van der Waals surface area contributed by atoms with Gasteiger partial charge in [0, 0.05) is 25.6 Å². The zero-order valence-corrected chi connectivity index (χ0v) is 10.3. The van der Waals surface area contributed by atoms with E-state index in [1.165, 1.54) is 18.4 Å². The van der Waals surface area contributed by atoms with Crippen molar-refractivity contribution in [3.05, 3.63) is 35.9 Å². The first-order chi connectivity index (χ1) is 8.25. The molecular formula is C15H21NO. The second kappa shape index (κ2) is 4.43. The van der Waals surface area contributed by atoms with E-state index >= 15 is 0 Å². The lowest BCUT2D eigenvalue weighted by Gasteiger charge is -2.43. The van der Waals surface area contributed by atoms with E-state index in [0.29, 0.717) is 5.92 Å². The first kappa shape index (κ1) is 11.2. The van der Waals surface area contributed by atoms with Gasteiger partial charge in [-0.2, -0.15) is 0 Å². The number of hydrogen-bond donors (Lipinski definition) is 1. The minimum atomic E-state index is -0.373.